The zero-order valence-corrected chi connectivity index (χ0v) is 7.55. The number of amides is 1. The third-order valence-electron chi connectivity index (χ3n) is 1.57. The van der Waals surface area contributed by atoms with Gasteiger partial charge < -0.3 is 10.4 Å². The number of carbonyl (C=O) groups excluding carboxylic acids is 1. The summed E-state index contributed by atoms with van der Waals surface area (Å²) in [5, 5.41) is 10.9. The standard InChI is InChI=1S/C9H11NO3/c1-4-5-10-8(11)6(2)7(3)9(12)13/h1H,5H2,2-3H3,(H,10,11)(H,12,13). The summed E-state index contributed by atoms with van der Waals surface area (Å²) in [6.07, 6.45) is 4.92. The fraction of sp³-hybridized carbons (Fsp3) is 0.333. The lowest BCUT2D eigenvalue weighted by Crippen LogP contribution is -2.25. The summed E-state index contributed by atoms with van der Waals surface area (Å²) in [4.78, 5) is 21.6. The number of aliphatic carboxylic acids is 1. The van der Waals surface area contributed by atoms with Crippen LogP contribution in [0.2, 0.25) is 0 Å². The third kappa shape index (κ3) is 3.43. The molecular weight excluding hydrogens is 170 g/mol. The lowest BCUT2D eigenvalue weighted by Gasteiger charge is -2.03. The van der Waals surface area contributed by atoms with E-state index in [2.05, 4.69) is 11.2 Å². The summed E-state index contributed by atoms with van der Waals surface area (Å²) in [5.74, 6) is 0.670. The molecule has 0 atom stereocenters. The fourth-order valence-electron chi connectivity index (χ4n) is 0.595. The van der Waals surface area contributed by atoms with Crippen LogP contribution in [-0.2, 0) is 9.59 Å². The molecule has 0 unspecified atom stereocenters. The van der Waals surface area contributed by atoms with E-state index in [4.69, 9.17) is 11.5 Å². The SMILES string of the molecule is C#CCNC(=O)C(C)=C(C)C(=O)O. The van der Waals surface area contributed by atoms with Crippen LogP contribution < -0.4 is 5.32 Å². The Balaban J connectivity index is 4.51. The van der Waals surface area contributed by atoms with Crippen molar-refractivity contribution in [3.8, 4) is 12.3 Å². The molecule has 0 aliphatic carbocycles. The van der Waals surface area contributed by atoms with E-state index in [1.54, 1.807) is 0 Å². The van der Waals surface area contributed by atoms with E-state index in [0.29, 0.717) is 0 Å². The van der Waals surface area contributed by atoms with Crippen molar-refractivity contribution in [2.75, 3.05) is 6.54 Å². The molecule has 13 heavy (non-hydrogen) atoms. The molecule has 0 spiro atoms. The molecule has 0 aromatic rings. The maximum absolute atomic E-state index is 11.1. The first-order valence-electron chi connectivity index (χ1n) is 3.63. The van der Waals surface area contributed by atoms with Gasteiger partial charge >= 0.3 is 5.97 Å². The van der Waals surface area contributed by atoms with Gasteiger partial charge in [0.25, 0.3) is 0 Å². The number of hydrogen-bond donors (Lipinski definition) is 2. The molecule has 0 aliphatic rings. The highest BCUT2D eigenvalue weighted by Crippen LogP contribution is 2.02. The summed E-state index contributed by atoms with van der Waals surface area (Å²) in [6.45, 7) is 2.91. The topological polar surface area (TPSA) is 66.4 Å². The van der Waals surface area contributed by atoms with Crippen molar-refractivity contribution in [3.05, 3.63) is 11.1 Å². The normalized spacial score (nSPS) is 11.2. The molecule has 0 saturated heterocycles. The number of carboxylic acids is 1. The Morgan fingerprint density at radius 1 is 1.38 bits per heavy atom. The van der Waals surface area contributed by atoms with E-state index in [0.717, 1.165) is 0 Å². The monoisotopic (exact) mass is 181 g/mol. The van der Waals surface area contributed by atoms with Crippen molar-refractivity contribution in [1.82, 2.24) is 5.32 Å². The fourth-order valence-corrected chi connectivity index (χ4v) is 0.595. The third-order valence-corrected chi connectivity index (χ3v) is 1.57. The molecular formula is C9H11NO3. The van der Waals surface area contributed by atoms with E-state index in [1.165, 1.54) is 13.8 Å². The van der Waals surface area contributed by atoms with Crippen LogP contribution in [0.15, 0.2) is 11.1 Å². The summed E-state index contributed by atoms with van der Waals surface area (Å²) < 4.78 is 0. The Bertz CT molecular complexity index is 296. The maximum atomic E-state index is 11.1. The maximum Gasteiger partial charge on any atom is 0.331 e. The zero-order chi connectivity index (χ0) is 10.4. The largest absolute Gasteiger partial charge is 0.478 e. The molecule has 1 amide bonds. The van der Waals surface area contributed by atoms with Crippen LogP contribution in [0.4, 0.5) is 0 Å². The van der Waals surface area contributed by atoms with E-state index in [1.807, 2.05) is 0 Å². The van der Waals surface area contributed by atoms with E-state index < -0.39 is 11.9 Å². The average molecular weight is 181 g/mol. The predicted octanol–water partition coefficient (Wildman–Crippen LogP) is 0.157. The van der Waals surface area contributed by atoms with Crippen molar-refractivity contribution in [2.24, 2.45) is 0 Å². The van der Waals surface area contributed by atoms with Gasteiger partial charge in [0.15, 0.2) is 0 Å². The minimum atomic E-state index is -1.10. The highest BCUT2D eigenvalue weighted by Gasteiger charge is 2.11. The second-order valence-corrected chi connectivity index (χ2v) is 2.44. The Kier molecular flexibility index (Phi) is 4.31. The Morgan fingerprint density at radius 3 is 2.31 bits per heavy atom. The average Bonchev–Trinajstić information content (AvgIpc) is 2.11. The lowest BCUT2D eigenvalue weighted by molar-refractivity contribution is -0.133. The predicted molar refractivity (Wildman–Crippen MR) is 47.9 cm³/mol. The molecule has 0 bridgehead atoms. The molecule has 4 heteroatoms. The van der Waals surface area contributed by atoms with E-state index in [-0.39, 0.29) is 17.7 Å². The van der Waals surface area contributed by atoms with Crippen LogP contribution in [0, 0.1) is 12.3 Å². The molecule has 0 aromatic heterocycles. The van der Waals surface area contributed by atoms with Gasteiger partial charge in [-0.3, -0.25) is 4.79 Å². The van der Waals surface area contributed by atoms with Gasteiger partial charge in [-0.15, -0.1) is 6.42 Å². The van der Waals surface area contributed by atoms with Gasteiger partial charge in [0.2, 0.25) is 5.91 Å². The minimum absolute atomic E-state index is 0.0227. The van der Waals surface area contributed by atoms with Gasteiger partial charge in [-0.05, 0) is 13.8 Å². The number of nitrogens with one attached hydrogen (secondary N) is 1. The molecule has 4 nitrogen and oxygen atoms in total. The van der Waals surface area contributed by atoms with Gasteiger partial charge in [-0.1, -0.05) is 5.92 Å². The van der Waals surface area contributed by atoms with Crippen LogP contribution >= 0.6 is 0 Å². The van der Waals surface area contributed by atoms with Gasteiger partial charge in [-0.2, -0.15) is 0 Å². The molecule has 0 heterocycles. The van der Waals surface area contributed by atoms with Gasteiger partial charge in [-0.25, -0.2) is 4.79 Å². The summed E-state index contributed by atoms with van der Waals surface area (Å²) in [5.41, 5.74) is 0.192. The van der Waals surface area contributed by atoms with Crippen LogP contribution in [0.3, 0.4) is 0 Å². The first kappa shape index (κ1) is 11.2. The molecule has 0 radical (unpaired) electrons. The second-order valence-electron chi connectivity index (χ2n) is 2.44. The molecule has 0 aliphatic heterocycles. The van der Waals surface area contributed by atoms with E-state index >= 15 is 0 Å². The molecule has 0 saturated carbocycles. The number of terminal acetylenes is 1. The van der Waals surface area contributed by atoms with Gasteiger partial charge in [0.1, 0.15) is 0 Å². The van der Waals surface area contributed by atoms with Crippen molar-refractivity contribution in [1.29, 1.82) is 0 Å². The van der Waals surface area contributed by atoms with Crippen molar-refractivity contribution < 1.29 is 14.7 Å². The van der Waals surface area contributed by atoms with Crippen molar-refractivity contribution >= 4 is 11.9 Å². The first-order valence-corrected chi connectivity index (χ1v) is 3.63. The molecule has 0 rings (SSSR count). The molecule has 2 N–H and O–H groups in total. The first-order chi connectivity index (χ1) is 6.00. The summed E-state index contributed by atoms with van der Waals surface area (Å²) in [7, 11) is 0. The zero-order valence-electron chi connectivity index (χ0n) is 7.55. The Morgan fingerprint density at radius 2 is 1.92 bits per heavy atom. The Hall–Kier alpha value is -1.76. The molecule has 0 fully saturated rings. The van der Waals surface area contributed by atoms with Gasteiger partial charge in [0, 0.05) is 11.1 Å². The van der Waals surface area contributed by atoms with Crippen LogP contribution in [-0.4, -0.2) is 23.5 Å². The molecule has 0 aromatic carbocycles. The molecule has 70 valence electrons. The van der Waals surface area contributed by atoms with Crippen molar-refractivity contribution in [3.63, 3.8) is 0 Å². The quantitative estimate of drug-likeness (QED) is 0.481. The van der Waals surface area contributed by atoms with Crippen molar-refractivity contribution in [2.45, 2.75) is 13.8 Å². The van der Waals surface area contributed by atoms with Gasteiger partial charge in [0.05, 0.1) is 6.54 Å². The smallest absolute Gasteiger partial charge is 0.331 e. The van der Waals surface area contributed by atoms with Crippen LogP contribution in [0.5, 0.6) is 0 Å². The highest BCUT2D eigenvalue weighted by atomic mass is 16.4. The number of carboxylic acid groups (broad SMARTS) is 1. The van der Waals surface area contributed by atoms with Crippen LogP contribution in [0.1, 0.15) is 13.8 Å². The summed E-state index contributed by atoms with van der Waals surface area (Å²) in [6, 6.07) is 0. The summed E-state index contributed by atoms with van der Waals surface area (Å²) >= 11 is 0. The lowest BCUT2D eigenvalue weighted by atomic mass is 10.1. The Labute approximate surface area is 76.6 Å². The number of rotatable bonds is 3. The van der Waals surface area contributed by atoms with E-state index in [9.17, 15) is 9.59 Å². The number of hydrogen-bond acceptors (Lipinski definition) is 2. The van der Waals surface area contributed by atoms with Crippen LogP contribution in [0.25, 0.3) is 0 Å². The number of carbonyl (C=O) groups is 2. The highest BCUT2D eigenvalue weighted by molar-refractivity contribution is 6.01. The second kappa shape index (κ2) is 4.99. The minimum Gasteiger partial charge on any atom is -0.478 e.